The zero-order chi connectivity index (χ0) is 14.7. The lowest BCUT2D eigenvalue weighted by Gasteiger charge is -2.34. The number of aromatic nitrogens is 2. The predicted molar refractivity (Wildman–Crippen MR) is 75.0 cm³/mol. The SMILES string of the molecule is CCCn1nc(C)c([N+](=O)[O-])c1OC1CC(CNC)C1. The van der Waals surface area contributed by atoms with E-state index in [4.69, 9.17) is 4.74 Å². The first-order valence-electron chi connectivity index (χ1n) is 7.09. The molecule has 20 heavy (non-hydrogen) atoms. The van der Waals surface area contributed by atoms with Crippen LogP contribution in [-0.4, -0.2) is 34.4 Å². The molecule has 0 unspecified atom stereocenters. The molecule has 0 amide bonds. The Labute approximate surface area is 118 Å². The number of nitrogens with one attached hydrogen (secondary N) is 1. The zero-order valence-electron chi connectivity index (χ0n) is 12.3. The molecule has 1 fully saturated rings. The van der Waals surface area contributed by atoms with E-state index in [1.165, 1.54) is 0 Å². The van der Waals surface area contributed by atoms with E-state index >= 15 is 0 Å². The Morgan fingerprint density at radius 2 is 2.25 bits per heavy atom. The second kappa shape index (κ2) is 6.21. The van der Waals surface area contributed by atoms with Crippen molar-refractivity contribution < 1.29 is 9.66 Å². The quantitative estimate of drug-likeness (QED) is 0.610. The molecule has 0 aromatic carbocycles. The Morgan fingerprint density at radius 3 is 2.80 bits per heavy atom. The summed E-state index contributed by atoms with van der Waals surface area (Å²) >= 11 is 0. The van der Waals surface area contributed by atoms with Crippen LogP contribution in [0.15, 0.2) is 0 Å². The van der Waals surface area contributed by atoms with Gasteiger partial charge in [-0.2, -0.15) is 5.10 Å². The minimum atomic E-state index is -0.395. The minimum absolute atomic E-state index is 0.00974. The summed E-state index contributed by atoms with van der Waals surface area (Å²) in [6.07, 6.45) is 2.81. The largest absolute Gasteiger partial charge is 0.470 e. The van der Waals surface area contributed by atoms with Crippen LogP contribution in [0.25, 0.3) is 0 Å². The van der Waals surface area contributed by atoms with E-state index in [2.05, 4.69) is 10.4 Å². The number of nitrogens with zero attached hydrogens (tertiary/aromatic N) is 3. The van der Waals surface area contributed by atoms with Crippen molar-refractivity contribution in [2.45, 2.75) is 45.8 Å². The van der Waals surface area contributed by atoms with Gasteiger partial charge >= 0.3 is 5.69 Å². The smallest absolute Gasteiger partial charge is 0.353 e. The number of hydrogen-bond acceptors (Lipinski definition) is 5. The van der Waals surface area contributed by atoms with Crippen LogP contribution in [-0.2, 0) is 6.54 Å². The summed E-state index contributed by atoms with van der Waals surface area (Å²) in [6.45, 7) is 5.27. The van der Waals surface area contributed by atoms with Gasteiger partial charge in [0, 0.05) is 6.54 Å². The van der Waals surface area contributed by atoms with Crippen LogP contribution in [0.1, 0.15) is 31.9 Å². The molecule has 0 aliphatic heterocycles. The zero-order valence-corrected chi connectivity index (χ0v) is 12.3. The van der Waals surface area contributed by atoms with Gasteiger partial charge in [-0.25, -0.2) is 4.68 Å². The summed E-state index contributed by atoms with van der Waals surface area (Å²) in [6, 6.07) is 0. The Bertz CT molecular complexity index is 480. The summed E-state index contributed by atoms with van der Waals surface area (Å²) in [5, 5.41) is 18.5. The topological polar surface area (TPSA) is 82.2 Å². The lowest BCUT2D eigenvalue weighted by atomic mass is 9.82. The molecular weight excluding hydrogens is 260 g/mol. The van der Waals surface area contributed by atoms with E-state index < -0.39 is 4.92 Å². The van der Waals surface area contributed by atoms with Crippen LogP contribution in [0.2, 0.25) is 0 Å². The number of rotatable bonds is 7. The van der Waals surface area contributed by atoms with Crippen LogP contribution < -0.4 is 10.1 Å². The average Bonchev–Trinajstić information content (AvgIpc) is 2.63. The highest BCUT2D eigenvalue weighted by atomic mass is 16.6. The molecule has 0 bridgehead atoms. The molecule has 112 valence electrons. The van der Waals surface area contributed by atoms with Gasteiger partial charge in [-0.05, 0) is 45.7 Å². The monoisotopic (exact) mass is 282 g/mol. The van der Waals surface area contributed by atoms with E-state index in [-0.39, 0.29) is 11.8 Å². The van der Waals surface area contributed by atoms with Crippen molar-refractivity contribution in [3.8, 4) is 5.88 Å². The molecule has 0 spiro atoms. The fourth-order valence-corrected chi connectivity index (χ4v) is 2.63. The van der Waals surface area contributed by atoms with Gasteiger partial charge in [0.15, 0.2) is 0 Å². The Balaban J connectivity index is 2.11. The van der Waals surface area contributed by atoms with Crippen molar-refractivity contribution in [2.75, 3.05) is 13.6 Å². The molecule has 0 radical (unpaired) electrons. The molecule has 2 rings (SSSR count). The van der Waals surface area contributed by atoms with Crippen LogP contribution in [0.3, 0.4) is 0 Å². The van der Waals surface area contributed by atoms with Gasteiger partial charge in [-0.15, -0.1) is 0 Å². The van der Waals surface area contributed by atoms with Crippen molar-refractivity contribution in [1.29, 1.82) is 0 Å². The fourth-order valence-electron chi connectivity index (χ4n) is 2.63. The van der Waals surface area contributed by atoms with Crippen molar-refractivity contribution in [3.63, 3.8) is 0 Å². The first-order chi connectivity index (χ1) is 9.56. The molecule has 7 heteroatoms. The van der Waals surface area contributed by atoms with Crippen molar-refractivity contribution in [1.82, 2.24) is 15.1 Å². The summed E-state index contributed by atoms with van der Waals surface area (Å²) in [7, 11) is 1.93. The van der Waals surface area contributed by atoms with Crippen LogP contribution in [0.5, 0.6) is 5.88 Å². The van der Waals surface area contributed by atoms with Gasteiger partial charge < -0.3 is 10.1 Å². The van der Waals surface area contributed by atoms with Gasteiger partial charge in [0.2, 0.25) is 0 Å². The predicted octanol–water partition coefficient (Wildman–Crippen LogP) is 1.89. The fraction of sp³-hybridized carbons (Fsp3) is 0.769. The third kappa shape index (κ3) is 2.92. The van der Waals surface area contributed by atoms with Crippen molar-refractivity contribution in [2.24, 2.45) is 5.92 Å². The molecule has 1 aliphatic rings. The van der Waals surface area contributed by atoms with Crippen LogP contribution >= 0.6 is 0 Å². The summed E-state index contributed by atoms with van der Waals surface area (Å²) < 4.78 is 7.48. The minimum Gasteiger partial charge on any atom is -0.470 e. The Morgan fingerprint density at radius 1 is 1.55 bits per heavy atom. The van der Waals surface area contributed by atoms with Gasteiger partial charge in [0.1, 0.15) is 11.8 Å². The summed E-state index contributed by atoms with van der Waals surface area (Å²) in [5.74, 6) is 0.926. The molecule has 1 aromatic rings. The highest BCUT2D eigenvalue weighted by Gasteiger charge is 2.35. The van der Waals surface area contributed by atoms with Gasteiger partial charge in [-0.1, -0.05) is 6.92 Å². The maximum absolute atomic E-state index is 11.2. The molecule has 7 nitrogen and oxygen atoms in total. The van der Waals surface area contributed by atoms with Gasteiger partial charge in [0.05, 0.1) is 4.92 Å². The van der Waals surface area contributed by atoms with Crippen LogP contribution in [0.4, 0.5) is 5.69 Å². The van der Waals surface area contributed by atoms with Gasteiger partial charge in [0.25, 0.3) is 5.88 Å². The Hall–Kier alpha value is -1.63. The molecular formula is C13H22N4O3. The maximum Gasteiger partial charge on any atom is 0.353 e. The standard InChI is InChI=1S/C13H22N4O3/c1-4-5-16-13(12(17(18)19)9(2)15-16)20-11-6-10(7-11)8-14-3/h10-11,14H,4-8H2,1-3H3. The number of hydrogen-bond donors (Lipinski definition) is 1. The molecule has 1 aliphatic carbocycles. The molecule has 1 N–H and O–H groups in total. The first-order valence-corrected chi connectivity index (χ1v) is 7.09. The molecule has 1 aromatic heterocycles. The van der Waals surface area contributed by atoms with Crippen molar-refractivity contribution in [3.05, 3.63) is 15.8 Å². The third-order valence-electron chi connectivity index (χ3n) is 3.63. The molecule has 1 heterocycles. The molecule has 0 atom stereocenters. The highest BCUT2D eigenvalue weighted by Crippen LogP contribution is 2.36. The number of nitro groups is 1. The second-order valence-electron chi connectivity index (χ2n) is 5.35. The normalized spacial score (nSPS) is 21.6. The summed E-state index contributed by atoms with van der Waals surface area (Å²) in [5.41, 5.74) is 0.431. The highest BCUT2D eigenvalue weighted by molar-refractivity contribution is 5.45. The van der Waals surface area contributed by atoms with E-state index in [0.29, 0.717) is 24.0 Å². The van der Waals surface area contributed by atoms with Crippen LogP contribution in [0, 0.1) is 23.0 Å². The molecule has 1 saturated carbocycles. The number of aryl methyl sites for hydroxylation is 2. The van der Waals surface area contributed by atoms with E-state index in [1.54, 1.807) is 11.6 Å². The number of ether oxygens (including phenoxy) is 1. The summed E-state index contributed by atoms with van der Waals surface area (Å²) in [4.78, 5) is 10.8. The van der Waals surface area contributed by atoms with Gasteiger partial charge in [-0.3, -0.25) is 10.1 Å². The Kier molecular flexibility index (Phi) is 4.59. The lowest BCUT2D eigenvalue weighted by Crippen LogP contribution is -2.39. The second-order valence-corrected chi connectivity index (χ2v) is 5.35. The third-order valence-corrected chi connectivity index (χ3v) is 3.63. The average molecular weight is 282 g/mol. The molecule has 0 saturated heterocycles. The van der Waals surface area contributed by atoms with E-state index in [1.807, 2.05) is 14.0 Å². The van der Waals surface area contributed by atoms with Crippen molar-refractivity contribution >= 4 is 5.69 Å². The van der Waals surface area contributed by atoms with E-state index in [0.717, 1.165) is 25.8 Å². The van der Waals surface area contributed by atoms with E-state index in [9.17, 15) is 10.1 Å². The maximum atomic E-state index is 11.2. The lowest BCUT2D eigenvalue weighted by molar-refractivity contribution is -0.386. The first kappa shape index (κ1) is 14.8.